The molecular weight excluding hydrogens is 142 g/mol. The summed E-state index contributed by atoms with van der Waals surface area (Å²) in [4.78, 5) is 0. The second-order valence-electron chi connectivity index (χ2n) is 3.35. The van der Waals surface area contributed by atoms with Crippen LogP contribution in [-0.2, 0) is 9.47 Å². The lowest BCUT2D eigenvalue weighted by Gasteiger charge is -2.35. The molecule has 1 aliphatic heterocycles. The molecule has 0 aromatic rings. The summed E-state index contributed by atoms with van der Waals surface area (Å²) < 4.78 is 11.0. The Hall–Kier alpha value is -0.120. The van der Waals surface area contributed by atoms with Gasteiger partial charge in [0.2, 0.25) is 0 Å². The summed E-state index contributed by atoms with van der Waals surface area (Å²) in [7, 11) is 0. The molecule has 2 N–H and O–H groups in total. The van der Waals surface area contributed by atoms with Gasteiger partial charge in [0, 0.05) is 0 Å². The molecule has 1 heterocycles. The molecule has 0 aromatic heterocycles. The van der Waals surface area contributed by atoms with Crippen LogP contribution in [-0.4, -0.2) is 25.0 Å². The summed E-state index contributed by atoms with van der Waals surface area (Å²) >= 11 is 0. The van der Waals surface area contributed by atoms with Gasteiger partial charge in [-0.3, -0.25) is 0 Å². The minimum atomic E-state index is -0.405. The predicted molar refractivity (Wildman–Crippen MR) is 43.2 cm³/mol. The lowest BCUT2D eigenvalue weighted by molar-refractivity contribution is -0.273. The number of ether oxygens (including phenoxy) is 2. The highest BCUT2D eigenvalue weighted by atomic mass is 16.7. The first kappa shape index (κ1) is 8.97. The lowest BCUT2D eigenvalue weighted by atomic mass is 10.1. The van der Waals surface area contributed by atoms with Crippen LogP contribution in [0.2, 0.25) is 0 Å². The largest absolute Gasteiger partial charge is 0.350 e. The van der Waals surface area contributed by atoms with E-state index in [4.69, 9.17) is 15.2 Å². The number of hydrogen-bond donors (Lipinski definition) is 1. The van der Waals surface area contributed by atoms with Gasteiger partial charge in [-0.2, -0.15) is 0 Å². The second kappa shape index (κ2) is 3.52. The summed E-state index contributed by atoms with van der Waals surface area (Å²) in [6.45, 7) is 5.36. The molecule has 1 aliphatic rings. The molecule has 0 spiro atoms. The third-order valence-corrected chi connectivity index (χ3v) is 1.83. The van der Waals surface area contributed by atoms with Gasteiger partial charge in [-0.25, -0.2) is 0 Å². The van der Waals surface area contributed by atoms with E-state index in [-0.39, 0.29) is 0 Å². The van der Waals surface area contributed by atoms with E-state index < -0.39 is 5.79 Å². The zero-order chi connectivity index (χ0) is 8.32. The Labute approximate surface area is 67.9 Å². The van der Waals surface area contributed by atoms with Crippen molar-refractivity contribution in [2.24, 2.45) is 5.73 Å². The Morgan fingerprint density at radius 1 is 1.55 bits per heavy atom. The van der Waals surface area contributed by atoms with Crippen LogP contribution in [0, 0.1) is 0 Å². The van der Waals surface area contributed by atoms with E-state index in [0.717, 1.165) is 19.4 Å². The first-order valence-electron chi connectivity index (χ1n) is 4.16. The first-order valence-corrected chi connectivity index (χ1v) is 4.16. The molecular formula is C8H17NO2. The molecule has 0 aliphatic carbocycles. The van der Waals surface area contributed by atoms with Crippen molar-refractivity contribution >= 4 is 0 Å². The van der Waals surface area contributed by atoms with E-state index in [0.29, 0.717) is 12.6 Å². The van der Waals surface area contributed by atoms with Crippen LogP contribution in [0.1, 0.15) is 26.7 Å². The quantitative estimate of drug-likeness (QED) is 0.650. The Morgan fingerprint density at radius 3 is 2.82 bits per heavy atom. The Kier molecular flexibility index (Phi) is 2.87. The maximum atomic E-state index is 5.61. The highest BCUT2D eigenvalue weighted by Crippen LogP contribution is 2.22. The summed E-state index contributed by atoms with van der Waals surface area (Å²) in [5, 5.41) is 0. The number of nitrogens with two attached hydrogens (primary N) is 1. The van der Waals surface area contributed by atoms with Crippen LogP contribution in [0.3, 0.4) is 0 Å². The van der Waals surface area contributed by atoms with E-state index >= 15 is 0 Å². The molecule has 3 nitrogen and oxygen atoms in total. The van der Waals surface area contributed by atoms with Crippen molar-refractivity contribution in [3.8, 4) is 0 Å². The van der Waals surface area contributed by atoms with Crippen LogP contribution in [0.4, 0.5) is 0 Å². The van der Waals surface area contributed by atoms with Crippen LogP contribution in [0.25, 0.3) is 0 Å². The standard InChI is InChI=1S/C8H17NO2/c1-8(2)10-6-4-7(11-8)3-5-9/h7H,3-6,9H2,1-2H3/t7-/m0/s1. The minimum absolute atomic E-state index is 0.295. The van der Waals surface area contributed by atoms with Crippen LogP contribution in [0.15, 0.2) is 0 Å². The third kappa shape index (κ3) is 2.77. The molecule has 3 heteroatoms. The highest BCUT2D eigenvalue weighted by molar-refractivity contribution is 4.68. The third-order valence-electron chi connectivity index (χ3n) is 1.83. The van der Waals surface area contributed by atoms with Crippen molar-refractivity contribution in [2.75, 3.05) is 13.2 Å². The topological polar surface area (TPSA) is 44.5 Å². The minimum Gasteiger partial charge on any atom is -0.350 e. The van der Waals surface area contributed by atoms with E-state index in [1.165, 1.54) is 0 Å². The van der Waals surface area contributed by atoms with Crippen LogP contribution >= 0.6 is 0 Å². The molecule has 0 saturated carbocycles. The monoisotopic (exact) mass is 159 g/mol. The summed E-state index contributed by atoms with van der Waals surface area (Å²) in [5.41, 5.74) is 5.43. The number of rotatable bonds is 2. The van der Waals surface area contributed by atoms with Crippen LogP contribution in [0.5, 0.6) is 0 Å². The van der Waals surface area contributed by atoms with Gasteiger partial charge >= 0.3 is 0 Å². The molecule has 0 aromatic carbocycles. The van der Waals surface area contributed by atoms with Crippen molar-refractivity contribution in [3.05, 3.63) is 0 Å². The molecule has 1 saturated heterocycles. The molecule has 66 valence electrons. The van der Waals surface area contributed by atoms with Gasteiger partial charge in [0.25, 0.3) is 0 Å². The zero-order valence-electron chi connectivity index (χ0n) is 7.30. The molecule has 1 atom stereocenters. The van der Waals surface area contributed by atoms with Gasteiger partial charge in [0.05, 0.1) is 12.7 Å². The van der Waals surface area contributed by atoms with E-state index in [1.807, 2.05) is 13.8 Å². The van der Waals surface area contributed by atoms with Crippen LogP contribution < -0.4 is 5.73 Å². The molecule has 1 rings (SSSR count). The Bertz CT molecular complexity index is 123. The molecule has 11 heavy (non-hydrogen) atoms. The van der Waals surface area contributed by atoms with Crippen molar-refractivity contribution in [1.82, 2.24) is 0 Å². The van der Waals surface area contributed by atoms with Gasteiger partial charge < -0.3 is 15.2 Å². The van der Waals surface area contributed by atoms with E-state index in [1.54, 1.807) is 0 Å². The molecule has 0 unspecified atom stereocenters. The van der Waals surface area contributed by atoms with E-state index in [2.05, 4.69) is 0 Å². The van der Waals surface area contributed by atoms with Crippen molar-refractivity contribution in [3.63, 3.8) is 0 Å². The van der Waals surface area contributed by atoms with Gasteiger partial charge in [-0.05, 0) is 33.2 Å². The fourth-order valence-corrected chi connectivity index (χ4v) is 1.32. The smallest absolute Gasteiger partial charge is 0.163 e. The fraction of sp³-hybridized carbons (Fsp3) is 1.00. The molecule has 1 fully saturated rings. The average Bonchev–Trinajstić information content (AvgIpc) is 1.85. The maximum absolute atomic E-state index is 5.61. The van der Waals surface area contributed by atoms with Gasteiger partial charge in [0.1, 0.15) is 0 Å². The maximum Gasteiger partial charge on any atom is 0.163 e. The van der Waals surface area contributed by atoms with E-state index in [9.17, 15) is 0 Å². The molecule has 0 bridgehead atoms. The SMILES string of the molecule is CC1(C)OCC[C@H](CCN)O1. The van der Waals surface area contributed by atoms with Crippen molar-refractivity contribution < 1.29 is 9.47 Å². The van der Waals surface area contributed by atoms with Crippen molar-refractivity contribution in [1.29, 1.82) is 0 Å². The predicted octanol–water partition coefficient (Wildman–Crippen LogP) is 0.877. The second-order valence-corrected chi connectivity index (χ2v) is 3.35. The lowest BCUT2D eigenvalue weighted by Crippen LogP contribution is -2.40. The molecule has 0 amide bonds. The Balaban J connectivity index is 2.34. The highest BCUT2D eigenvalue weighted by Gasteiger charge is 2.28. The number of hydrogen-bond acceptors (Lipinski definition) is 3. The first-order chi connectivity index (χ1) is 5.14. The average molecular weight is 159 g/mol. The van der Waals surface area contributed by atoms with Gasteiger partial charge in [-0.1, -0.05) is 0 Å². The van der Waals surface area contributed by atoms with Gasteiger partial charge in [0.15, 0.2) is 5.79 Å². The normalized spacial score (nSPS) is 30.3. The van der Waals surface area contributed by atoms with Gasteiger partial charge in [-0.15, -0.1) is 0 Å². The Morgan fingerprint density at radius 2 is 2.27 bits per heavy atom. The fourth-order valence-electron chi connectivity index (χ4n) is 1.32. The zero-order valence-corrected chi connectivity index (χ0v) is 7.30. The summed E-state index contributed by atoms with van der Waals surface area (Å²) in [6, 6.07) is 0. The summed E-state index contributed by atoms with van der Waals surface area (Å²) in [5.74, 6) is -0.405. The molecule has 0 radical (unpaired) electrons. The summed E-state index contributed by atoms with van der Waals surface area (Å²) in [6.07, 6.45) is 2.21. The van der Waals surface area contributed by atoms with Crippen molar-refractivity contribution in [2.45, 2.75) is 38.6 Å².